The fourth-order valence-electron chi connectivity index (χ4n) is 1.21. The zero-order valence-corrected chi connectivity index (χ0v) is 12.2. The van der Waals surface area contributed by atoms with Gasteiger partial charge in [0, 0.05) is 25.4 Å². The van der Waals surface area contributed by atoms with Crippen LogP contribution in [0.1, 0.15) is 10.4 Å². The van der Waals surface area contributed by atoms with E-state index in [1.165, 1.54) is 24.1 Å². The van der Waals surface area contributed by atoms with E-state index in [1.54, 1.807) is 0 Å². The van der Waals surface area contributed by atoms with Gasteiger partial charge in [0.15, 0.2) is 0 Å². The maximum Gasteiger partial charge on any atom is 0.253 e. The van der Waals surface area contributed by atoms with Crippen LogP contribution < -0.4 is 0 Å². The second-order valence-corrected chi connectivity index (χ2v) is 6.89. The van der Waals surface area contributed by atoms with Crippen LogP contribution in [0.4, 0.5) is 0 Å². The Balaban J connectivity index is 2.80. The van der Waals surface area contributed by atoms with Crippen molar-refractivity contribution in [2.75, 3.05) is 25.6 Å². The smallest absolute Gasteiger partial charge is 0.253 e. The molecule has 1 aromatic rings. The molecule has 5 nitrogen and oxygen atoms in total. The number of aromatic nitrogens is 1. The molecule has 18 heavy (non-hydrogen) atoms. The van der Waals surface area contributed by atoms with E-state index >= 15 is 0 Å². The number of hydrogen-bond donors (Lipinski definition) is 0. The first kappa shape index (κ1) is 15.2. The quantitative estimate of drug-likeness (QED) is 0.790. The Morgan fingerprint density at radius 1 is 1.33 bits per heavy atom. The molecule has 0 saturated carbocycles. The van der Waals surface area contributed by atoms with Crippen molar-refractivity contribution in [3.8, 4) is 0 Å². The minimum atomic E-state index is -3.11. The molecule has 0 unspecified atom stereocenters. The summed E-state index contributed by atoms with van der Waals surface area (Å²) in [4.78, 5) is 17.0. The van der Waals surface area contributed by atoms with Gasteiger partial charge in [-0.25, -0.2) is 13.4 Å². The Labute approximate surface area is 116 Å². The van der Waals surface area contributed by atoms with Crippen LogP contribution in [0.5, 0.6) is 0 Å². The van der Waals surface area contributed by atoms with Crippen LogP contribution in [-0.2, 0) is 9.84 Å². The molecule has 0 aliphatic carbocycles. The molecule has 0 bridgehead atoms. The van der Waals surface area contributed by atoms with Crippen molar-refractivity contribution in [1.29, 1.82) is 0 Å². The highest BCUT2D eigenvalue weighted by atomic mass is 35.5. The van der Waals surface area contributed by atoms with E-state index < -0.39 is 9.84 Å². The van der Waals surface area contributed by atoms with Crippen LogP contribution in [0.2, 0.25) is 10.3 Å². The molecule has 0 fully saturated rings. The van der Waals surface area contributed by atoms with Gasteiger partial charge in [-0.3, -0.25) is 4.79 Å². The van der Waals surface area contributed by atoms with Crippen molar-refractivity contribution >= 4 is 38.9 Å². The lowest BCUT2D eigenvalue weighted by atomic mass is 10.2. The van der Waals surface area contributed by atoms with Crippen molar-refractivity contribution in [2.24, 2.45) is 0 Å². The number of halogens is 2. The van der Waals surface area contributed by atoms with Crippen LogP contribution in [-0.4, -0.2) is 49.8 Å². The fraction of sp³-hybridized carbons (Fsp3) is 0.400. The summed E-state index contributed by atoms with van der Waals surface area (Å²) in [5.74, 6) is -0.452. The highest BCUT2D eigenvalue weighted by Gasteiger charge is 2.15. The summed E-state index contributed by atoms with van der Waals surface area (Å²) in [6.45, 7) is 0.106. The Kier molecular flexibility index (Phi) is 4.95. The lowest BCUT2D eigenvalue weighted by Crippen LogP contribution is -2.31. The number of carbonyl (C=O) groups is 1. The number of amides is 1. The lowest BCUT2D eigenvalue weighted by molar-refractivity contribution is 0.0803. The van der Waals surface area contributed by atoms with Crippen molar-refractivity contribution in [2.45, 2.75) is 0 Å². The first-order chi connectivity index (χ1) is 8.19. The van der Waals surface area contributed by atoms with Crippen LogP contribution >= 0.6 is 23.2 Å². The number of pyridine rings is 1. The third-order valence-corrected chi connectivity index (χ3v) is 3.47. The van der Waals surface area contributed by atoms with Gasteiger partial charge in [-0.05, 0) is 12.1 Å². The average Bonchev–Trinajstić information content (AvgIpc) is 2.22. The van der Waals surface area contributed by atoms with Gasteiger partial charge in [0.1, 0.15) is 20.1 Å². The number of rotatable bonds is 4. The molecule has 0 aromatic carbocycles. The summed E-state index contributed by atoms with van der Waals surface area (Å²) in [6, 6.07) is 2.76. The Hall–Kier alpha value is -0.850. The second-order valence-electron chi connectivity index (χ2n) is 3.86. The molecule has 0 aliphatic heterocycles. The number of sulfone groups is 1. The SMILES string of the molecule is CN(CCS(C)(=O)=O)C(=O)c1cc(Cl)nc(Cl)c1. The third kappa shape index (κ3) is 4.80. The van der Waals surface area contributed by atoms with E-state index in [-0.39, 0.29) is 34.1 Å². The van der Waals surface area contributed by atoms with Crippen molar-refractivity contribution in [1.82, 2.24) is 9.88 Å². The molecule has 0 aliphatic rings. The molecular weight excluding hydrogens is 299 g/mol. The summed E-state index contributed by atoms with van der Waals surface area (Å²) < 4.78 is 22.0. The molecule has 0 saturated heterocycles. The summed E-state index contributed by atoms with van der Waals surface area (Å²) in [5.41, 5.74) is 0.274. The number of carbonyl (C=O) groups excluding carboxylic acids is 1. The largest absolute Gasteiger partial charge is 0.341 e. The van der Waals surface area contributed by atoms with Gasteiger partial charge in [-0.2, -0.15) is 0 Å². The number of hydrogen-bond acceptors (Lipinski definition) is 4. The van der Waals surface area contributed by atoms with Gasteiger partial charge in [-0.15, -0.1) is 0 Å². The predicted octanol–water partition coefficient (Wildman–Crippen LogP) is 1.50. The zero-order chi connectivity index (χ0) is 13.9. The van der Waals surface area contributed by atoms with Gasteiger partial charge in [0.05, 0.1) is 5.75 Å². The highest BCUT2D eigenvalue weighted by molar-refractivity contribution is 7.90. The number of nitrogens with zero attached hydrogens (tertiary/aromatic N) is 2. The lowest BCUT2D eigenvalue weighted by Gasteiger charge is -2.16. The second kappa shape index (κ2) is 5.86. The standard InChI is InChI=1S/C10H12Cl2N2O3S/c1-14(3-4-18(2,16)17)10(15)7-5-8(11)13-9(12)6-7/h5-6H,3-4H2,1-2H3. The maximum absolute atomic E-state index is 12.0. The predicted molar refractivity (Wildman–Crippen MR) is 70.9 cm³/mol. The maximum atomic E-state index is 12.0. The summed E-state index contributed by atoms with van der Waals surface area (Å²) >= 11 is 11.4. The van der Waals surface area contributed by atoms with E-state index in [1.807, 2.05) is 0 Å². The molecule has 1 heterocycles. The summed E-state index contributed by atoms with van der Waals surface area (Å²) in [5, 5.41) is 0.227. The minimum Gasteiger partial charge on any atom is -0.341 e. The molecule has 0 N–H and O–H groups in total. The average molecular weight is 311 g/mol. The van der Waals surface area contributed by atoms with E-state index in [0.29, 0.717) is 0 Å². The van der Waals surface area contributed by atoms with Gasteiger partial charge in [-0.1, -0.05) is 23.2 Å². The Morgan fingerprint density at radius 3 is 2.28 bits per heavy atom. The Bertz CT molecular complexity index is 540. The van der Waals surface area contributed by atoms with Crippen LogP contribution in [0, 0.1) is 0 Å². The van der Waals surface area contributed by atoms with E-state index in [0.717, 1.165) is 6.26 Å². The van der Waals surface area contributed by atoms with Gasteiger partial charge >= 0.3 is 0 Å². The van der Waals surface area contributed by atoms with Gasteiger partial charge in [0.2, 0.25) is 0 Å². The van der Waals surface area contributed by atoms with Crippen LogP contribution in [0.15, 0.2) is 12.1 Å². The molecule has 0 atom stereocenters. The molecule has 0 spiro atoms. The van der Waals surface area contributed by atoms with Crippen molar-refractivity contribution < 1.29 is 13.2 Å². The fourth-order valence-corrected chi connectivity index (χ4v) is 2.28. The molecule has 8 heteroatoms. The molecule has 1 amide bonds. The minimum absolute atomic E-state index is 0.0954. The first-order valence-electron chi connectivity index (χ1n) is 4.95. The van der Waals surface area contributed by atoms with E-state index in [4.69, 9.17) is 23.2 Å². The molecule has 0 radical (unpaired) electrons. The first-order valence-corrected chi connectivity index (χ1v) is 7.77. The monoisotopic (exact) mass is 310 g/mol. The van der Waals surface area contributed by atoms with E-state index in [2.05, 4.69) is 4.98 Å². The van der Waals surface area contributed by atoms with Crippen LogP contribution in [0.3, 0.4) is 0 Å². The van der Waals surface area contributed by atoms with Gasteiger partial charge in [0.25, 0.3) is 5.91 Å². The molecular formula is C10H12Cl2N2O3S. The highest BCUT2D eigenvalue weighted by Crippen LogP contribution is 2.15. The molecule has 1 rings (SSSR count). The molecule has 100 valence electrons. The van der Waals surface area contributed by atoms with Crippen LogP contribution in [0.25, 0.3) is 0 Å². The zero-order valence-electron chi connectivity index (χ0n) is 9.85. The topological polar surface area (TPSA) is 67.3 Å². The molecule has 1 aromatic heterocycles. The van der Waals surface area contributed by atoms with E-state index in [9.17, 15) is 13.2 Å². The summed E-state index contributed by atoms with van der Waals surface area (Å²) in [6.07, 6.45) is 1.12. The summed E-state index contributed by atoms with van der Waals surface area (Å²) in [7, 11) is -1.60. The van der Waals surface area contributed by atoms with Gasteiger partial charge < -0.3 is 4.90 Å². The van der Waals surface area contributed by atoms with Crippen molar-refractivity contribution in [3.05, 3.63) is 28.0 Å². The Morgan fingerprint density at radius 2 is 1.83 bits per heavy atom. The van der Waals surface area contributed by atoms with Crippen molar-refractivity contribution in [3.63, 3.8) is 0 Å². The normalized spacial score (nSPS) is 11.3. The third-order valence-electron chi connectivity index (χ3n) is 2.15.